The van der Waals surface area contributed by atoms with Gasteiger partial charge >= 0.3 is 0 Å². The lowest BCUT2D eigenvalue weighted by Gasteiger charge is -1.84. The third kappa shape index (κ3) is 0.637. The first-order chi connectivity index (χ1) is 4.88. The molecule has 1 heteroatoms. The van der Waals surface area contributed by atoms with Crippen molar-refractivity contribution in [3.8, 4) is 0 Å². The van der Waals surface area contributed by atoms with Gasteiger partial charge in [0.25, 0.3) is 0 Å². The first kappa shape index (κ1) is 5.54. The van der Waals surface area contributed by atoms with Crippen LogP contribution >= 0.6 is 0 Å². The van der Waals surface area contributed by atoms with Crippen LogP contribution in [0.1, 0.15) is 5.56 Å². The van der Waals surface area contributed by atoms with Gasteiger partial charge in [-0.25, -0.2) is 0 Å². The van der Waals surface area contributed by atoms with E-state index in [1.807, 2.05) is 25.1 Å². The third-order valence-electron chi connectivity index (χ3n) is 1.61. The molecule has 1 aromatic carbocycles. The fourth-order valence-electron chi connectivity index (χ4n) is 1.04. The molecule has 0 saturated heterocycles. The summed E-state index contributed by atoms with van der Waals surface area (Å²) in [6.45, 7) is 2.03. The predicted octanol–water partition coefficient (Wildman–Crippen LogP) is 2.54. The van der Waals surface area contributed by atoms with E-state index < -0.39 is 0 Å². The highest BCUT2D eigenvalue weighted by atomic mass is 16.3. The molecule has 0 fully saturated rings. The largest absolute Gasteiger partial charge is 0.464 e. The Bertz CT molecular complexity index is 346. The summed E-state index contributed by atoms with van der Waals surface area (Å²) in [4.78, 5) is 0. The molecular weight excluding hydrogens is 124 g/mol. The maximum Gasteiger partial charge on any atom is 0.134 e. The average molecular weight is 131 g/mol. The molecule has 0 amide bonds. The first-order valence-corrected chi connectivity index (χ1v) is 3.22. The molecule has 0 spiro atoms. The summed E-state index contributed by atoms with van der Waals surface area (Å²) in [5.41, 5.74) is 2.11. The second kappa shape index (κ2) is 1.87. The van der Waals surface area contributed by atoms with Gasteiger partial charge in [0.2, 0.25) is 0 Å². The zero-order valence-electron chi connectivity index (χ0n) is 5.72. The van der Waals surface area contributed by atoms with E-state index in [9.17, 15) is 0 Å². The lowest BCUT2D eigenvalue weighted by atomic mass is 10.2. The van der Waals surface area contributed by atoms with Crippen molar-refractivity contribution in [2.24, 2.45) is 0 Å². The molecule has 10 heavy (non-hydrogen) atoms. The molecule has 0 aliphatic carbocycles. The molecule has 0 atom stereocenters. The molecular formula is C9H7O. The lowest BCUT2D eigenvalue weighted by molar-refractivity contribution is 0.613. The van der Waals surface area contributed by atoms with Crippen LogP contribution in [0.2, 0.25) is 0 Å². The average Bonchev–Trinajstić information content (AvgIpc) is 2.34. The van der Waals surface area contributed by atoms with E-state index in [-0.39, 0.29) is 0 Å². The normalized spacial score (nSPS) is 10.5. The molecule has 1 radical (unpaired) electrons. The molecule has 1 aromatic heterocycles. The van der Waals surface area contributed by atoms with Gasteiger partial charge in [-0.3, -0.25) is 0 Å². The third-order valence-corrected chi connectivity index (χ3v) is 1.61. The summed E-state index contributed by atoms with van der Waals surface area (Å²) in [7, 11) is 0. The lowest BCUT2D eigenvalue weighted by Crippen LogP contribution is -1.64. The molecule has 0 bridgehead atoms. The van der Waals surface area contributed by atoms with Crippen molar-refractivity contribution >= 4 is 11.0 Å². The Kier molecular flexibility index (Phi) is 1.04. The maximum absolute atomic E-state index is 5.23. The van der Waals surface area contributed by atoms with E-state index in [0.717, 1.165) is 11.0 Å². The van der Waals surface area contributed by atoms with Gasteiger partial charge in [0.15, 0.2) is 0 Å². The van der Waals surface area contributed by atoms with Gasteiger partial charge in [0.05, 0.1) is 6.26 Å². The highest BCUT2D eigenvalue weighted by Crippen LogP contribution is 2.18. The Morgan fingerprint density at radius 3 is 3.20 bits per heavy atom. The minimum Gasteiger partial charge on any atom is -0.464 e. The summed E-state index contributed by atoms with van der Waals surface area (Å²) in [5.74, 6) is 0. The van der Waals surface area contributed by atoms with Crippen molar-refractivity contribution in [2.45, 2.75) is 6.92 Å². The Labute approximate surface area is 59.3 Å². The van der Waals surface area contributed by atoms with Crippen molar-refractivity contribution in [2.75, 3.05) is 0 Å². The summed E-state index contributed by atoms with van der Waals surface area (Å²) < 4.78 is 5.23. The number of furan rings is 1. The summed E-state index contributed by atoms with van der Waals surface area (Å²) in [5, 5.41) is 1.16. The molecule has 2 aromatic rings. The van der Waals surface area contributed by atoms with E-state index in [0.29, 0.717) is 0 Å². The molecule has 2 rings (SSSR count). The summed E-state index contributed by atoms with van der Waals surface area (Å²) in [6, 6.07) is 8.71. The van der Waals surface area contributed by atoms with E-state index in [1.54, 1.807) is 6.26 Å². The molecule has 0 saturated carbocycles. The summed E-state index contributed by atoms with van der Waals surface area (Å²) >= 11 is 0. The number of hydrogen-bond acceptors (Lipinski definition) is 1. The van der Waals surface area contributed by atoms with Crippen LogP contribution in [-0.2, 0) is 0 Å². The summed E-state index contributed by atoms with van der Waals surface area (Å²) in [6.07, 6.45) is 1.76. The Hall–Kier alpha value is -1.24. The van der Waals surface area contributed by atoms with Gasteiger partial charge in [-0.15, -0.1) is 0 Å². The van der Waals surface area contributed by atoms with Crippen LogP contribution in [0.25, 0.3) is 11.0 Å². The van der Waals surface area contributed by atoms with Crippen LogP contribution in [0.15, 0.2) is 28.9 Å². The standard InChI is InChI=1S/C9H7O/c1-7-6-10-9-5-3-2-4-8(7)9/h3-6H,1H3. The van der Waals surface area contributed by atoms with Crippen LogP contribution in [0.5, 0.6) is 0 Å². The van der Waals surface area contributed by atoms with Gasteiger partial charge in [-0.1, -0.05) is 6.07 Å². The van der Waals surface area contributed by atoms with E-state index in [1.165, 1.54) is 5.56 Å². The minimum absolute atomic E-state index is 0.941. The van der Waals surface area contributed by atoms with E-state index in [2.05, 4.69) is 6.07 Å². The first-order valence-electron chi connectivity index (χ1n) is 3.22. The topological polar surface area (TPSA) is 13.1 Å². The van der Waals surface area contributed by atoms with E-state index >= 15 is 0 Å². The maximum atomic E-state index is 5.23. The number of aryl methyl sites for hydroxylation is 1. The fraction of sp³-hybridized carbons (Fsp3) is 0.111. The van der Waals surface area contributed by atoms with Gasteiger partial charge in [-0.05, 0) is 30.7 Å². The molecule has 0 unspecified atom stereocenters. The number of hydrogen-bond donors (Lipinski definition) is 0. The van der Waals surface area contributed by atoms with Gasteiger partial charge in [0, 0.05) is 5.39 Å². The molecule has 0 N–H and O–H groups in total. The monoisotopic (exact) mass is 131 g/mol. The van der Waals surface area contributed by atoms with Crippen molar-refractivity contribution < 1.29 is 4.42 Å². The van der Waals surface area contributed by atoms with Crippen LogP contribution in [-0.4, -0.2) is 0 Å². The SMILES string of the molecule is Cc1coc2cc[c]cc12. The van der Waals surface area contributed by atoms with Gasteiger partial charge in [-0.2, -0.15) is 0 Å². The minimum atomic E-state index is 0.941. The van der Waals surface area contributed by atoms with Crippen molar-refractivity contribution in [1.82, 2.24) is 0 Å². The van der Waals surface area contributed by atoms with Crippen LogP contribution in [0.4, 0.5) is 0 Å². The molecule has 1 heterocycles. The second-order valence-corrected chi connectivity index (χ2v) is 2.34. The Morgan fingerprint density at radius 2 is 2.40 bits per heavy atom. The molecule has 49 valence electrons. The smallest absolute Gasteiger partial charge is 0.134 e. The Balaban J connectivity index is 2.93. The number of fused-ring (bicyclic) bond motifs is 1. The highest BCUT2D eigenvalue weighted by molar-refractivity contribution is 5.80. The van der Waals surface area contributed by atoms with Crippen LogP contribution < -0.4 is 0 Å². The molecule has 0 aliphatic heterocycles. The van der Waals surface area contributed by atoms with Crippen molar-refractivity contribution in [1.29, 1.82) is 0 Å². The fourth-order valence-corrected chi connectivity index (χ4v) is 1.04. The zero-order valence-corrected chi connectivity index (χ0v) is 5.72. The molecule has 1 nitrogen and oxygen atoms in total. The molecule has 0 aliphatic rings. The van der Waals surface area contributed by atoms with Crippen LogP contribution in [0.3, 0.4) is 0 Å². The second-order valence-electron chi connectivity index (χ2n) is 2.34. The number of benzene rings is 1. The van der Waals surface area contributed by atoms with Crippen LogP contribution in [0, 0.1) is 13.0 Å². The predicted molar refractivity (Wildman–Crippen MR) is 39.8 cm³/mol. The Morgan fingerprint density at radius 1 is 1.50 bits per heavy atom. The highest BCUT2D eigenvalue weighted by Gasteiger charge is 1.97. The quantitative estimate of drug-likeness (QED) is 0.535. The van der Waals surface area contributed by atoms with E-state index in [4.69, 9.17) is 4.42 Å². The van der Waals surface area contributed by atoms with Gasteiger partial charge in [0.1, 0.15) is 5.58 Å². The van der Waals surface area contributed by atoms with Crippen molar-refractivity contribution in [3.63, 3.8) is 0 Å². The number of rotatable bonds is 0. The zero-order chi connectivity index (χ0) is 6.97. The van der Waals surface area contributed by atoms with Gasteiger partial charge < -0.3 is 4.42 Å². The van der Waals surface area contributed by atoms with Crippen molar-refractivity contribution in [3.05, 3.63) is 36.1 Å².